The molecule has 1 aliphatic rings. The van der Waals surface area contributed by atoms with E-state index in [0.29, 0.717) is 30.4 Å². The zero-order chi connectivity index (χ0) is 20.8. The third kappa shape index (κ3) is 5.81. The number of carbonyl (C=O) groups excluding carboxylic acids is 2. The summed E-state index contributed by atoms with van der Waals surface area (Å²) in [5.74, 6) is 0.562. The summed E-state index contributed by atoms with van der Waals surface area (Å²) in [6.07, 6.45) is 3.71. The molecule has 6 heteroatoms. The topological polar surface area (TPSA) is 74.6 Å². The summed E-state index contributed by atoms with van der Waals surface area (Å²) in [5.41, 5.74) is 2.29. The fourth-order valence-electron chi connectivity index (χ4n) is 3.27. The van der Waals surface area contributed by atoms with E-state index >= 15 is 0 Å². The number of carbonyl (C=O) groups is 2. The third-order valence-electron chi connectivity index (χ3n) is 4.90. The Morgan fingerprint density at radius 2 is 1.80 bits per heavy atom. The molecule has 0 bridgehead atoms. The summed E-state index contributed by atoms with van der Waals surface area (Å²) in [6, 6.07) is 21.1. The Morgan fingerprint density at radius 1 is 0.967 bits per heavy atom. The predicted molar refractivity (Wildman–Crippen MR) is 115 cm³/mol. The van der Waals surface area contributed by atoms with Gasteiger partial charge in [0, 0.05) is 23.8 Å². The molecule has 1 heterocycles. The van der Waals surface area contributed by atoms with Crippen molar-refractivity contribution in [1.82, 2.24) is 10.2 Å². The van der Waals surface area contributed by atoms with E-state index in [1.807, 2.05) is 47.4 Å². The van der Waals surface area contributed by atoms with Crippen molar-refractivity contribution >= 4 is 17.5 Å². The second-order valence-electron chi connectivity index (χ2n) is 7.59. The minimum Gasteiger partial charge on any atom is -0.468 e. The van der Waals surface area contributed by atoms with Crippen molar-refractivity contribution in [3.05, 3.63) is 89.9 Å². The van der Waals surface area contributed by atoms with Gasteiger partial charge in [0.15, 0.2) is 0 Å². The maximum Gasteiger partial charge on any atom is 0.251 e. The molecule has 2 aromatic carbocycles. The first-order valence-electron chi connectivity index (χ1n) is 10.1. The number of rotatable bonds is 9. The van der Waals surface area contributed by atoms with Crippen LogP contribution in [-0.4, -0.2) is 29.3 Å². The average molecular weight is 403 g/mol. The minimum atomic E-state index is -0.141. The van der Waals surface area contributed by atoms with Crippen molar-refractivity contribution in [3.8, 4) is 0 Å². The molecule has 0 saturated heterocycles. The van der Waals surface area contributed by atoms with E-state index in [1.54, 1.807) is 30.5 Å². The highest BCUT2D eigenvalue weighted by Crippen LogP contribution is 2.20. The average Bonchev–Trinajstić information content (AvgIpc) is 3.41. The minimum absolute atomic E-state index is 0.0999. The number of nitrogens with zero attached hydrogens (tertiary/aromatic N) is 1. The van der Waals surface area contributed by atoms with Gasteiger partial charge in [-0.15, -0.1) is 0 Å². The summed E-state index contributed by atoms with van der Waals surface area (Å²) in [6.45, 7) is 1.35. The Bertz CT molecular complexity index is 982. The van der Waals surface area contributed by atoms with Crippen LogP contribution in [0.1, 0.15) is 34.5 Å². The number of nitrogens with one attached hydrogen (secondary N) is 2. The Labute approximate surface area is 175 Å². The van der Waals surface area contributed by atoms with Gasteiger partial charge in [-0.3, -0.25) is 14.5 Å². The lowest BCUT2D eigenvalue weighted by molar-refractivity contribution is -0.117. The Balaban J connectivity index is 1.39. The van der Waals surface area contributed by atoms with Gasteiger partial charge in [0.1, 0.15) is 5.76 Å². The molecule has 0 aliphatic heterocycles. The number of hydrogen-bond donors (Lipinski definition) is 2. The quantitative estimate of drug-likeness (QED) is 0.570. The molecule has 6 nitrogen and oxygen atoms in total. The lowest BCUT2D eigenvalue weighted by Crippen LogP contribution is -2.32. The fourth-order valence-corrected chi connectivity index (χ4v) is 3.27. The van der Waals surface area contributed by atoms with Crippen LogP contribution in [0, 0.1) is 0 Å². The molecule has 0 unspecified atom stereocenters. The summed E-state index contributed by atoms with van der Waals surface area (Å²) in [7, 11) is 0. The van der Waals surface area contributed by atoms with Crippen LogP contribution in [-0.2, 0) is 17.9 Å². The van der Waals surface area contributed by atoms with Crippen LogP contribution in [0.3, 0.4) is 0 Å². The molecular weight excluding hydrogens is 378 g/mol. The first-order chi connectivity index (χ1) is 14.7. The molecule has 30 heavy (non-hydrogen) atoms. The molecule has 4 rings (SSSR count). The lowest BCUT2D eigenvalue weighted by Gasteiger charge is -2.21. The van der Waals surface area contributed by atoms with Crippen molar-refractivity contribution in [1.29, 1.82) is 0 Å². The van der Waals surface area contributed by atoms with Gasteiger partial charge in [-0.25, -0.2) is 0 Å². The van der Waals surface area contributed by atoms with Crippen LogP contribution in [0.2, 0.25) is 0 Å². The maximum atomic E-state index is 12.7. The van der Waals surface area contributed by atoms with Gasteiger partial charge in [-0.1, -0.05) is 36.4 Å². The van der Waals surface area contributed by atoms with Gasteiger partial charge in [-0.2, -0.15) is 0 Å². The van der Waals surface area contributed by atoms with E-state index in [9.17, 15) is 9.59 Å². The third-order valence-corrected chi connectivity index (χ3v) is 4.90. The highest BCUT2D eigenvalue weighted by Gasteiger charge is 2.24. The molecule has 2 N–H and O–H groups in total. The van der Waals surface area contributed by atoms with Crippen molar-refractivity contribution < 1.29 is 14.0 Å². The van der Waals surface area contributed by atoms with E-state index in [2.05, 4.69) is 10.6 Å². The first kappa shape index (κ1) is 19.9. The largest absolute Gasteiger partial charge is 0.468 e. The van der Waals surface area contributed by atoms with Crippen molar-refractivity contribution in [2.24, 2.45) is 0 Å². The van der Waals surface area contributed by atoms with E-state index in [1.165, 1.54) is 0 Å². The summed E-state index contributed by atoms with van der Waals surface area (Å²) < 4.78 is 5.46. The first-order valence-corrected chi connectivity index (χ1v) is 10.1. The molecule has 0 spiro atoms. The molecule has 2 amide bonds. The molecule has 1 saturated carbocycles. The van der Waals surface area contributed by atoms with E-state index in [-0.39, 0.29) is 18.4 Å². The predicted octanol–water partition coefficient (Wildman–Crippen LogP) is 3.81. The zero-order valence-corrected chi connectivity index (χ0v) is 16.7. The number of hydrogen-bond acceptors (Lipinski definition) is 4. The van der Waals surface area contributed by atoms with Crippen LogP contribution in [0.25, 0.3) is 0 Å². The Hall–Kier alpha value is -3.38. The number of anilines is 1. The summed E-state index contributed by atoms with van der Waals surface area (Å²) >= 11 is 0. The molecular formula is C24H25N3O3. The molecule has 3 aromatic rings. The van der Waals surface area contributed by atoms with Gasteiger partial charge in [0.2, 0.25) is 5.91 Å². The van der Waals surface area contributed by atoms with Crippen molar-refractivity contribution in [2.45, 2.75) is 32.0 Å². The van der Waals surface area contributed by atoms with Gasteiger partial charge in [0.25, 0.3) is 5.91 Å². The molecule has 1 fully saturated rings. The molecule has 154 valence electrons. The number of benzene rings is 2. The highest BCUT2D eigenvalue weighted by molar-refractivity contribution is 5.97. The smallest absolute Gasteiger partial charge is 0.251 e. The normalized spacial score (nSPS) is 13.2. The van der Waals surface area contributed by atoms with Gasteiger partial charge < -0.3 is 15.1 Å². The Kier molecular flexibility index (Phi) is 6.25. The SMILES string of the molecule is O=C(CN(Cc1ccccc1)Cc1ccco1)Nc1cccc(C(=O)NC2CC2)c1. The van der Waals surface area contributed by atoms with Crippen LogP contribution in [0.5, 0.6) is 0 Å². The van der Waals surface area contributed by atoms with Gasteiger partial charge >= 0.3 is 0 Å². The van der Waals surface area contributed by atoms with E-state index in [4.69, 9.17) is 4.42 Å². The molecule has 0 atom stereocenters. The fraction of sp³-hybridized carbons (Fsp3) is 0.250. The second kappa shape index (κ2) is 9.41. The van der Waals surface area contributed by atoms with Crippen LogP contribution in [0.15, 0.2) is 77.4 Å². The monoisotopic (exact) mass is 403 g/mol. The summed E-state index contributed by atoms with van der Waals surface area (Å²) in [4.78, 5) is 27.0. The van der Waals surface area contributed by atoms with Gasteiger partial charge in [0.05, 0.1) is 19.4 Å². The molecule has 0 radical (unpaired) electrons. The Morgan fingerprint density at radius 3 is 2.53 bits per heavy atom. The van der Waals surface area contributed by atoms with Crippen LogP contribution in [0.4, 0.5) is 5.69 Å². The number of amides is 2. The number of furan rings is 1. The van der Waals surface area contributed by atoms with Crippen molar-refractivity contribution in [3.63, 3.8) is 0 Å². The lowest BCUT2D eigenvalue weighted by atomic mass is 10.2. The zero-order valence-electron chi connectivity index (χ0n) is 16.7. The highest BCUT2D eigenvalue weighted by atomic mass is 16.3. The van der Waals surface area contributed by atoms with E-state index < -0.39 is 0 Å². The molecule has 1 aromatic heterocycles. The van der Waals surface area contributed by atoms with Gasteiger partial charge in [-0.05, 0) is 48.7 Å². The molecule has 1 aliphatic carbocycles. The van der Waals surface area contributed by atoms with Crippen molar-refractivity contribution in [2.75, 3.05) is 11.9 Å². The van der Waals surface area contributed by atoms with Crippen LogP contribution >= 0.6 is 0 Å². The van der Waals surface area contributed by atoms with Crippen LogP contribution < -0.4 is 10.6 Å². The second-order valence-corrected chi connectivity index (χ2v) is 7.59. The summed E-state index contributed by atoms with van der Waals surface area (Å²) in [5, 5.41) is 5.88. The maximum absolute atomic E-state index is 12.7. The van der Waals surface area contributed by atoms with E-state index in [0.717, 1.165) is 24.2 Å². The standard InChI is InChI=1S/C24H25N3O3/c28-23(25-21-9-4-8-19(14-21)24(29)26-20-11-12-20)17-27(16-22-10-5-13-30-22)15-18-6-2-1-3-7-18/h1-10,13-14,20H,11-12,15-17H2,(H,25,28)(H,26,29).